The van der Waals surface area contributed by atoms with Crippen LogP contribution in [0.1, 0.15) is 17.7 Å². The van der Waals surface area contributed by atoms with E-state index in [0.29, 0.717) is 5.78 Å². The highest BCUT2D eigenvalue weighted by Gasteiger charge is 2.18. The van der Waals surface area contributed by atoms with Gasteiger partial charge in [-0.05, 0) is 24.5 Å². The zero-order valence-electron chi connectivity index (χ0n) is 6.82. The number of nitrogens with zero attached hydrogens (tertiary/aromatic N) is 4. The van der Waals surface area contributed by atoms with Gasteiger partial charge in [-0.2, -0.15) is 9.73 Å². The van der Waals surface area contributed by atoms with Crippen molar-refractivity contribution in [3.8, 4) is 0 Å². The number of rotatable bonds is 0. The second kappa shape index (κ2) is 2.15. The Morgan fingerprint density at radius 1 is 1.38 bits per heavy atom. The lowest BCUT2D eigenvalue weighted by Crippen LogP contribution is -2.20. The van der Waals surface area contributed by atoms with Crippen molar-refractivity contribution >= 4 is 5.78 Å². The molecule has 0 amide bonds. The summed E-state index contributed by atoms with van der Waals surface area (Å²) in [5.41, 5.74) is 1.64. The molecule has 0 aliphatic heterocycles. The third-order valence-electron chi connectivity index (χ3n) is 2.37. The summed E-state index contributed by atoms with van der Waals surface area (Å²) in [7, 11) is 0. The van der Waals surface area contributed by atoms with E-state index >= 15 is 0 Å². The van der Waals surface area contributed by atoms with E-state index in [2.05, 4.69) is 20.5 Å². The van der Waals surface area contributed by atoms with Gasteiger partial charge in [-0.15, -0.1) is 0 Å². The number of H-pyrrole nitrogens is 1. The fourth-order valence-corrected chi connectivity index (χ4v) is 1.75. The zero-order valence-corrected chi connectivity index (χ0v) is 6.82. The maximum Gasteiger partial charge on any atom is 0.278 e. The van der Waals surface area contributed by atoms with Crippen LogP contribution in [0.5, 0.6) is 0 Å². The normalized spacial score (nSPS) is 15.1. The summed E-state index contributed by atoms with van der Waals surface area (Å²) in [4.78, 5) is 15.9. The minimum absolute atomic E-state index is 0.0532. The smallest absolute Gasteiger partial charge is 0.267 e. The Labute approximate surface area is 72.6 Å². The van der Waals surface area contributed by atoms with Gasteiger partial charge in [0.25, 0.3) is 11.3 Å². The lowest BCUT2D eigenvalue weighted by atomic mass is 10.3. The highest BCUT2D eigenvalue weighted by molar-refractivity contribution is 5.32. The van der Waals surface area contributed by atoms with Crippen LogP contribution in [-0.4, -0.2) is 25.0 Å². The molecule has 0 saturated carbocycles. The molecular formula is C7H7N5O. The molecule has 1 aliphatic rings. The summed E-state index contributed by atoms with van der Waals surface area (Å²) < 4.78 is 1.28. The van der Waals surface area contributed by atoms with Crippen molar-refractivity contribution in [3.63, 3.8) is 0 Å². The first-order chi connectivity index (χ1) is 6.36. The Hall–Kier alpha value is -1.72. The molecule has 3 rings (SSSR count). The standard InChI is InChI=1S/C7H7N5O/c13-6-4-2-1-3-5(4)8-7-9-10-11-12(6)7/h1-3H2,(H,8,9,11). The molecule has 1 aliphatic carbocycles. The fraction of sp³-hybridized carbons (Fsp3) is 0.429. The number of aromatic nitrogens is 5. The number of fused-ring (bicyclic) bond motifs is 2. The van der Waals surface area contributed by atoms with Gasteiger partial charge in [-0.25, -0.2) is 4.98 Å². The van der Waals surface area contributed by atoms with Gasteiger partial charge in [0.15, 0.2) is 0 Å². The molecule has 2 aromatic heterocycles. The Kier molecular flexibility index (Phi) is 1.12. The average Bonchev–Trinajstić information content (AvgIpc) is 2.71. The van der Waals surface area contributed by atoms with Gasteiger partial charge in [-0.1, -0.05) is 5.10 Å². The van der Waals surface area contributed by atoms with Crippen LogP contribution in [0.15, 0.2) is 4.79 Å². The molecule has 0 unspecified atom stereocenters. The van der Waals surface area contributed by atoms with E-state index in [0.717, 1.165) is 30.5 Å². The van der Waals surface area contributed by atoms with E-state index in [4.69, 9.17) is 0 Å². The highest BCUT2D eigenvalue weighted by Crippen LogP contribution is 2.15. The summed E-state index contributed by atoms with van der Waals surface area (Å²) in [5.74, 6) is 0.366. The average molecular weight is 177 g/mol. The van der Waals surface area contributed by atoms with Gasteiger partial charge in [0.1, 0.15) is 0 Å². The molecule has 6 heteroatoms. The van der Waals surface area contributed by atoms with E-state index < -0.39 is 0 Å². The molecule has 13 heavy (non-hydrogen) atoms. The number of tetrazole rings is 1. The Morgan fingerprint density at radius 3 is 3.23 bits per heavy atom. The van der Waals surface area contributed by atoms with Crippen LogP contribution in [0.4, 0.5) is 0 Å². The lowest BCUT2D eigenvalue weighted by Gasteiger charge is -1.95. The molecule has 1 N–H and O–H groups in total. The monoisotopic (exact) mass is 177 g/mol. The molecule has 66 valence electrons. The topological polar surface area (TPSA) is 75.9 Å². The molecule has 0 bridgehead atoms. The van der Waals surface area contributed by atoms with Crippen molar-refractivity contribution in [1.82, 2.24) is 25.0 Å². The first-order valence-corrected chi connectivity index (χ1v) is 4.18. The largest absolute Gasteiger partial charge is 0.278 e. The van der Waals surface area contributed by atoms with E-state index in [9.17, 15) is 4.79 Å². The maximum absolute atomic E-state index is 11.7. The van der Waals surface area contributed by atoms with Crippen molar-refractivity contribution < 1.29 is 0 Å². The van der Waals surface area contributed by atoms with Crippen molar-refractivity contribution in [2.24, 2.45) is 0 Å². The summed E-state index contributed by atoms with van der Waals surface area (Å²) >= 11 is 0. The Balaban J connectivity index is 2.53. The number of nitrogens with one attached hydrogen (secondary N) is 1. The van der Waals surface area contributed by atoms with Gasteiger partial charge in [0, 0.05) is 5.56 Å². The molecular weight excluding hydrogens is 170 g/mol. The van der Waals surface area contributed by atoms with Crippen LogP contribution in [0.2, 0.25) is 0 Å². The number of aromatic amines is 1. The molecule has 0 fully saturated rings. The van der Waals surface area contributed by atoms with Crippen LogP contribution in [0, 0.1) is 0 Å². The van der Waals surface area contributed by atoms with E-state index in [1.807, 2.05) is 0 Å². The van der Waals surface area contributed by atoms with Gasteiger partial charge in [-0.3, -0.25) is 4.79 Å². The number of aryl methyl sites for hydroxylation is 1. The molecule has 6 nitrogen and oxygen atoms in total. The van der Waals surface area contributed by atoms with E-state index in [-0.39, 0.29) is 5.56 Å². The fourth-order valence-electron chi connectivity index (χ4n) is 1.75. The predicted octanol–water partition coefficient (Wildman–Crippen LogP) is -0.699. The lowest BCUT2D eigenvalue weighted by molar-refractivity contribution is 0.790. The molecule has 0 aromatic carbocycles. The van der Waals surface area contributed by atoms with Crippen LogP contribution in [0.25, 0.3) is 5.78 Å². The summed E-state index contributed by atoms with van der Waals surface area (Å²) in [6, 6.07) is 0. The third-order valence-corrected chi connectivity index (χ3v) is 2.37. The van der Waals surface area contributed by atoms with Crippen molar-refractivity contribution in [1.29, 1.82) is 0 Å². The number of hydrogen-bond acceptors (Lipinski definition) is 4. The first kappa shape index (κ1) is 6.76. The predicted molar refractivity (Wildman–Crippen MR) is 43.4 cm³/mol. The molecule has 0 spiro atoms. The van der Waals surface area contributed by atoms with Crippen molar-refractivity contribution in [3.05, 3.63) is 21.6 Å². The summed E-state index contributed by atoms with van der Waals surface area (Å²) in [6.07, 6.45) is 2.72. The second-order valence-electron chi connectivity index (χ2n) is 3.13. The summed E-state index contributed by atoms with van der Waals surface area (Å²) in [6.45, 7) is 0. The first-order valence-electron chi connectivity index (χ1n) is 4.18. The van der Waals surface area contributed by atoms with E-state index in [1.54, 1.807) is 0 Å². The van der Waals surface area contributed by atoms with Crippen LogP contribution >= 0.6 is 0 Å². The van der Waals surface area contributed by atoms with Crippen LogP contribution in [-0.2, 0) is 12.8 Å². The van der Waals surface area contributed by atoms with Crippen LogP contribution < -0.4 is 5.56 Å². The minimum Gasteiger partial charge on any atom is -0.267 e. The Morgan fingerprint density at radius 2 is 2.31 bits per heavy atom. The Bertz CT molecular complexity index is 525. The van der Waals surface area contributed by atoms with Crippen molar-refractivity contribution in [2.75, 3.05) is 0 Å². The maximum atomic E-state index is 11.7. The molecule has 0 saturated heterocycles. The van der Waals surface area contributed by atoms with Gasteiger partial charge >= 0.3 is 0 Å². The minimum atomic E-state index is -0.0532. The zero-order chi connectivity index (χ0) is 8.84. The molecule has 2 heterocycles. The number of hydrogen-bond donors (Lipinski definition) is 1. The third kappa shape index (κ3) is 0.769. The summed E-state index contributed by atoms with van der Waals surface area (Å²) in [5, 5.41) is 9.73. The second-order valence-corrected chi connectivity index (χ2v) is 3.13. The quantitative estimate of drug-likeness (QED) is 0.577. The van der Waals surface area contributed by atoms with Gasteiger partial charge < -0.3 is 0 Å². The van der Waals surface area contributed by atoms with E-state index in [1.165, 1.54) is 4.52 Å². The molecule has 2 aromatic rings. The molecule has 0 radical (unpaired) electrons. The molecule has 0 atom stereocenters. The SMILES string of the molecule is O=c1c2c(nc3nn[nH]n13)CCC2. The van der Waals surface area contributed by atoms with Crippen molar-refractivity contribution in [2.45, 2.75) is 19.3 Å². The van der Waals surface area contributed by atoms with Gasteiger partial charge in [0.2, 0.25) is 0 Å². The van der Waals surface area contributed by atoms with Gasteiger partial charge in [0.05, 0.1) is 5.69 Å². The van der Waals surface area contributed by atoms with Crippen LogP contribution in [0.3, 0.4) is 0 Å². The highest BCUT2D eigenvalue weighted by atomic mass is 16.1.